The second-order valence-electron chi connectivity index (χ2n) is 7.83. The fourth-order valence-corrected chi connectivity index (χ4v) is 4.74. The highest BCUT2D eigenvalue weighted by molar-refractivity contribution is 7.80. The molecule has 0 saturated carbocycles. The standard InChI is InChI=1S/C25H19ClF2N4S/c1-15-13-17(8-9-19(15)27)32-24(23(30-25(32)33)21-5-2-3-11-29-21)22-6-4-12-31(22)16-7-10-20(28)18(26)14-16/h2-14,23-24H,1H3,(H,30,33)/t23-,24-/m0/s1. The van der Waals surface area contributed by atoms with Crippen molar-refractivity contribution in [3.8, 4) is 5.69 Å². The summed E-state index contributed by atoms with van der Waals surface area (Å²) in [6, 6.07) is 18.6. The van der Waals surface area contributed by atoms with Crippen LogP contribution < -0.4 is 10.2 Å². The largest absolute Gasteiger partial charge is 0.351 e. The molecule has 166 valence electrons. The number of halogens is 3. The lowest BCUT2D eigenvalue weighted by Crippen LogP contribution is -2.30. The van der Waals surface area contributed by atoms with Crippen LogP contribution in [-0.2, 0) is 0 Å². The van der Waals surface area contributed by atoms with Gasteiger partial charge in [-0.1, -0.05) is 17.7 Å². The predicted molar refractivity (Wildman–Crippen MR) is 130 cm³/mol. The number of rotatable bonds is 4. The number of hydrogen-bond acceptors (Lipinski definition) is 2. The van der Waals surface area contributed by atoms with Gasteiger partial charge in [0, 0.05) is 29.5 Å². The molecular formula is C25H19ClF2N4S. The molecular weight excluding hydrogens is 462 g/mol. The van der Waals surface area contributed by atoms with Crippen LogP contribution in [-0.4, -0.2) is 14.7 Å². The number of benzene rings is 2. The molecule has 4 aromatic rings. The molecule has 3 heterocycles. The first-order valence-electron chi connectivity index (χ1n) is 10.3. The minimum atomic E-state index is -0.479. The Bertz CT molecular complexity index is 1340. The summed E-state index contributed by atoms with van der Waals surface area (Å²) in [7, 11) is 0. The van der Waals surface area contributed by atoms with Gasteiger partial charge in [0.1, 0.15) is 17.7 Å². The van der Waals surface area contributed by atoms with Crippen molar-refractivity contribution in [1.29, 1.82) is 0 Å². The second-order valence-corrected chi connectivity index (χ2v) is 8.63. The third kappa shape index (κ3) is 3.87. The molecule has 8 heteroatoms. The van der Waals surface area contributed by atoms with E-state index in [4.69, 9.17) is 23.8 Å². The summed E-state index contributed by atoms with van der Waals surface area (Å²) in [5.74, 6) is -0.758. The van der Waals surface area contributed by atoms with E-state index in [-0.39, 0.29) is 22.9 Å². The third-order valence-electron chi connectivity index (χ3n) is 5.78. The molecule has 0 radical (unpaired) electrons. The van der Waals surface area contributed by atoms with E-state index in [0.717, 1.165) is 17.1 Å². The number of nitrogens with one attached hydrogen (secondary N) is 1. The van der Waals surface area contributed by atoms with Gasteiger partial charge in [0.25, 0.3) is 0 Å². The Labute approximate surface area is 200 Å². The number of thiocarbonyl (C=S) groups is 1. The van der Waals surface area contributed by atoms with Crippen molar-refractivity contribution < 1.29 is 8.78 Å². The molecule has 1 N–H and O–H groups in total. The smallest absolute Gasteiger partial charge is 0.174 e. The first-order valence-corrected chi connectivity index (χ1v) is 11.1. The summed E-state index contributed by atoms with van der Waals surface area (Å²) < 4.78 is 29.8. The molecule has 0 unspecified atom stereocenters. The highest BCUT2D eigenvalue weighted by atomic mass is 35.5. The van der Waals surface area contributed by atoms with Gasteiger partial charge in [-0.25, -0.2) is 8.78 Å². The zero-order valence-electron chi connectivity index (χ0n) is 17.5. The van der Waals surface area contributed by atoms with E-state index in [9.17, 15) is 8.78 Å². The zero-order chi connectivity index (χ0) is 23.1. The van der Waals surface area contributed by atoms with Crippen LogP contribution in [0, 0.1) is 18.6 Å². The third-order valence-corrected chi connectivity index (χ3v) is 6.39. The maximum atomic E-state index is 14.0. The van der Waals surface area contributed by atoms with Crippen LogP contribution in [0.15, 0.2) is 79.1 Å². The Morgan fingerprint density at radius 2 is 1.76 bits per heavy atom. The van der Waals surface area contributed by atoms with Crippen molar-refractivity contribution in [2.45, 2.75) is 19.0 Å². The highest BCUT2D eigenvalue weighted by Crippen LogP contribution is 2.42. The van der Waals surface area contributed by atoms with Gasteiger partial charge >= 0.3 is 0 Å². The molecule has 0 aliphatic carbocycles. The Morgan fingerprint density at radius 3 is 2.48 bits per heavy atom. The van der Waals surface area contributed by atoms with Crippen molar-refractivity contribution in [2.75, 3.05) is 4.90 Å². The van der Waals surface area contributed by atoms with Crippen LogP contribution >= 0.6 is 23.8 Å². The average Bonchev–Trinajstić information content (AvgIpc) is 3.42. The predicted octanol–water partition coefficient (Wildman–Crippen LogP) is 6.29. The molecule has 2 aromatic carbocycles. The van der Waals surface area contributed by atoms with E-state index in [0.29, 0.717) is 16.4 Å². The number of aryl methyl sites for hydroxylation is 1. The van der Waals surface area contributed by atoms with Crippen molar-refractivity contribution in [3.63, 3.8) is 0 Å². The van der Waals surface area contributed by atoms with Gasteiger partial charge in [0.15, 0.2) is 5.11 Å². The van der Waals surface area contributed by atoms with Crippen LogP contribution in [0.25, 0.3) is 5.69 Å². The zero-order valence-corrected chi connectivity index (χ0v) is 19.1. The fourth-order valence-electron chi connectivity index (χ4n) is 4.22. The van der Waals surface area contributed by atoms with E-state index in [1.54, 1.807) is 37.4 Å². The number of pyridine rings is 1. The highest BCUT2D eigenvalue weighted by Gasteiger charge is 2.42. The quantitative estimate of drug-likeness (QED) is 0.348. The average molecular weight is 481 g/mol. The number of nitrogens with zero attached hydrogens (tertiary/aromatic N) is 3. The molecule has 0 spiro atoms. The van der Waals surface area contributed by atoms with E-state index in [2.05, 4.69) is 10.3 Å². The Balaban J connectivity index is 1.68. The molecule has 0 bridgehead atoms. The summed E-state index contributed by atoms with van der Waals surface area (Å²) in [6.45, 7) is 1.72. The van der Waals surface area contributed by atoms with Crippen molar-refractivity contribution >= 4 is 34.6 Å². The van der Waals surface area contributed by atoms with Gasteiger partial charge in [-0.05, 0) is 85.4 Å². The minimum Gasteiger partial charge on any atom is -0.351 e. The molecule has 5 rings (SSSR count). The van der Waals surface area contributed by atoms with Crippen molar-refractivity contribution in [2.24, 2.45) is 0 Å². The fraction of sp³-hybridized carbons (Fsp3) is 0.120. The molecule has 1 fully saturated rings. The molecule has 0 amide bonds. The number of aromatic nitrogens is 2. The van der Waals surface area contributed by atoms with E-state index >= 15 is 0 Å². The monoisotopic (exact) mass is 480 g/mol. The van der Waals surface area contributed by atoms with Crippen LogP contribution in [0.5, 0.6) is 0 Å². The van der Waals surface area contributed by atoms with Crippen molar-refractivity contribution in [3.05, 3.63) is 113 Å². The number of hydrogen-bond donors (Lipinski definition) is 1. The summed E-state index contributed by atoms with van der Waals surface area (Å²) in [5.41, 5.74) is 3.71. The summed E-state index contributed by atoms with van der Waals surface area (Å²) in [6.07, 6.45) is 3.63. The van der Waals surface area contributed by atoms with Gasteiger partial charge in [0.05, 0.1) is 16.8 Å². The molecule has 4 nitrogen and oxygen atoms in total. The molecule has 2 aromatic heterocycles. The summed E-state index contributed by atoms with van der Waals surface area (Å²) in [4.78, 5) is 6.52. The van der Waals surface area contributed by atoms with Gasteiger partial charge < -0.3 is 14.8 Å². The van der Waals surface area contributed by atoms with Gasteiger partial charge in [-0.15, -0.1) is 0 Å². The topological polar surface area (TPSA) is 33.1 Å². The van der Waals surface area contributed by atoms with Gasteiger partial charge in [0.2, 0.25) is 0 Å². The van der Waals surface area contributed by atoms with E-state index in [1.807, 2.05) is 46.0 Å². The molecule has 1 saturated heterocycles. The lowest BCUT2D eigenvalue weighted by Gasteiger charge is -2.29. The molecule has 2 atom stereocenters. The summed E-state index contributed by atoms with van der Waals surface area (Å²) in [5, 5.41) is 3.94. The first-order chi connectivity index (χ1) is 15.9. The number of anilines is 1. The van der Waals surface area contributed by atoms with Crippen LogP contribution in [0.4, 0.5) is 14.5 Å². The van der Waals surface area contributed by atoms with Gasteiger partial charge in [-0.2, -0.15) is 0 Å². The van der Waals surface area contributed by atoms with Crippen LogP contribution in [0.2, 0.25) is 5.02 Å². The second kappa shape index (κ2) is 8.57. The van der Waals surface area contributed by atoms with Gasteiger partial charge in [-0.3, -0.25) is 4.98 Å². The normalized spacial score (nSPS) is 17.9. The maximum absolute atomic E-state index is 14.0. The minimum absolute atomic E-state index is 0.0412. The van der Waals surface area contributed by atoms with Crippen LogP contribution in [0.1, 0.15) is 29.0 Å². The van der Waals surface area contributed by atoms with Crippen molar-refractivity contribution in [1.82, 2.24) is 14.9 Å². The maximum Gasteiger partial charge on any atom is 0.174 e. The lowest BCUT2D eigenvalue weighted by molar-refractivity contribution is 0.548. The Kier molecular flexibility index (Phi) is 5.60. The SMILES string of the molecule is Cc1cc(N2C(=S)N[C@@H](c3ccccn3)[C@@H]2c2cccn2-c2ccc(F)c(Cl)c2)ccc1F. The lowest BCUT2D eigenvalue weighted by atomic mass is 10.0. The molecule has 1 aliphatic heterocycles. The van der Waals surface area contributed by atoms with E-state index in [1.165, 1.54) is 12.1 Å². The first kappa shape index (κ1) is 21.6. The molecule has 1 aliphatic rings. The summed E-state index contributed by atoms with van der Waals surface area (Å²) >= 11 is 11.8. The van der Waals surface area contributed by atoms with E-state index < -0.39 is 5.82 Å². The Hall–Kier alpha value is -3.29. The van der Waals surface area contributed by atoms with Crippen LogP contribution in [0.3, 0.4) is 0 Å². The Morgan fingerprint density at radius 1 is 0.970 bits per heavy atom. The molecule has 33 heavy (non-hydrogen) atoms.